The molecule has 1 saturated heterocycles. The third-order valence-corrected chi connectivity index (χ3v) is 3.80. The van der Waals surface area contributed by atoms with Gasteiger partial charge in [-0.15, -0.1) is 0 Å². The Morgan fingerprint density at radius 3 is 2.56 bits per heavy atom. The molecule has 1 aromatic rings. The number of carbonyl (C=O) groups is 1. The van der Waals surface area contributed by atoms with Gasteiger partial charge in [-0.3, -0.25) is 4.79 Å². The Labute approximate surface area is 107 Å². The van der Waals surface area contributed by atoms with Crippen molar-refractivity contribution in [3.8, 4) is 0 Å². The molecule has 0 radical (unpaired) electrons. The van der Waals surface area contributed by atoms with E-state index in [9.17, 15) is 9.90 Å². The molecule has 1 aliphatic heterocycles. The molecule has 0 spiro atoms. The first-order valence-corrected chi connectivity index (χ1v) is 6.42. The molecule has 1 heterocycles. The summed E-state index contributed by atoms with van der Waals surface area (Å²) in [5.41, 5.74) is 0.430. The molecule has 18 heavy (non-hydrogen) atoms. The van der Waals surface area contributed by atoms with Gasteiger partial charge in [-0.2, -0.15) is 0 Å². The standard InChI is InChI=1S/C15H17NO2/c17-14(9-6-12-4-2-1-3-5-12)16-10-15(18,11-16)13-7-8-13/h1-6,9,13,18H,7-8,10-11H2. The number of rotatable bonds is 3. The van der Waals surface area contributed by atoms with Gasteiger partial charge in [0, 0.05) is 6.08 Å². The first-order chi connectivity index (χ1) is 8.67. The minimum Gasteiger partial charge on any atom is -0.386 e. The molecule has 0 bridgehead atoms. The van der Waals surface area contributed by atoms with Crippen molar-refractivity contribution >= 4 is 12.0 Å². The summed E-state index contributed by atoms with van der Waals surface area (Å²) in [6.07, 6.45) is 5.62. The number of β-amino-alcohol motifs (C(OH)–C–C–N with tert-alkyl or cyclic N) is 1. The van der Waals surface area contributed by atoms with Crippen LogP contribution in [0.2, 0.25) is 0 Å². The molecule has 1 amide bonds. The second-order valence-corrected chi connectivity index (χ2v) is 5.32. The van der Waals surface area contributed by atoms with Crippen molar-refractivity contribution in [2.75, 3.05) is 13.1 Å². The van der Waals surface area contributed by atoms with Gasteiger partial charge >= 0.3 is 0 Å². The minimum atomic E-state index is -0.587. The summed E-state index contributed by atoms with van der Waals surface area (Å²) in [5, 5.41) is 10.1. The van der Waals surface area contributed by atoms with Crippen LogP contribution >= 0.6 is 0 Å². The summed E-state index contributed by atoms with van der Waals surface area (Å²) in [7, 11) is 0. The molecule has 1 aromatic carbocycles. The molecule has 0 atom stereocenters. The number of carbonyl (C=O) groups excluding carboxylic acids is 1. The quantitative estimate of drug-likeness (QED) is 0.821. The van der Waals surface area contributed by atoms with E-state index in [0.717, 1.165) is 18.4 Å². The maximum atomic E-state index is 11.9. The fourth-order valence-electron chi connectivity index (χ4n) is 2.49. The molecule has 1 N–H and O–H groups in total. The highest BCUT2D eigenvalue weighted by atomic mass is 16.3. The van der Waals surface area contributed by atoms with Crippen LogP contribution in [0.5, 0.6) is 0 Å². The maximum Gasteiger partial charge on any atom is 0.246 e. The topological polar surface area (TPSA) is 40.5 Å². The van der Waals surface area contributed by atoms with Crippen LogP contribution in [0.1, 0.15) is 18.4 Å². The van der Waals surface area contributed by atoms with Crippen molar-refractivity contribution in [2.45, 2.75) is 18.4 Å². The van der Waals surface area contributed by atoms with Crippen LogP contribution in [0.15, 0.2) is 36.4 Å². The molecule has 2 aliphatic rings. The van der Waals surface area contributed by atoms with E-state index < -0.39 is 5.60 Å². The van der Waals surface area contributed by atoms with Crippen LogP contribution in [0, 0.1) is 5.92 Å². The molecule has 1 saturated carbocycles. The lowest BCUT2D eigenvalue weighted by molar-refractivity contribution is -0.154. The number of benzene rings is 1. The van der Waals surface area contributed by atoms with Gasteiger partial charge < -0.3 is 10.0 Å². The van der Waals surface area contributed by atoms with E-state index in [0.29, 0.717) is 19.0 Å². The number of hydrogen-bond donors (Lipinski definition) is 1. The average Bonchev–Trinajstić information content (AvgIpc) is 3.18. The van der Waals surface area contributed by atoms with Gasteiger partial charge in [0.25, 0.3) is 0 Å². The van der Waals surface area contributed by atoms with Gasteiger partial charge in [0.05, 0.1) is 13.1 Å². The predicted molar refractivity (Wildman–Crippen MR) is 69.7 cm³/mol. The summed E-state index contributed by atoms with van der Waals surface area (Å²) in [6, 6.07) is 9.75. The smallest absolute Gasteiger partial charge is 0.246 e. The fraction of sp³-hybridized carbons (Fsp3) is 0.400. The van der Waals surface area contributed by atoms with Gasteiger partial charge in [0.15, 0.2) is 0 Å². The third kappa shape index (κ3) is 2.18. The van der Waals surface area contributed by atoms with Crippen molar-refractivity contribution in [1.29, 1.82) is 0 Å². The fourth-order valence-corrected chi connectivity index (χ4v) is 2.49. The molecule has 3 rings (SSSR count). The Kier molecular flexibility index (Phi) is 2.71. The SMILES string of the molecule is O=C(C=Cc1ccccc1)N1CC(O)(C2CC2)C1. The van der Waals surface area contributed by atoms with Crippen LogP contribution < -0.4 is 0 Å². The highest BCUT2D eigenvalue weighted by Gasteiger charge is 2.52. The Balaban J connectivity index is 1.55. The van der Waals surface area contributed by atoms with E-state index >= 15 is 0 Å². The van der Waals surface area contributed by atoms with E-state index in [1.807, 2.05) is 36.4 Å². The van der Waals surface area contributed by atoms with Crippen LogP contribution in [-0.2, 0) is 4.79 Å². The summed E-state index contributed by atoms with van der Waals surface area (Å²) in [5.74, 6) is 0.420. The third-order valence-electron chi connectivity index (χ3n) is 3.80. The molecule has 0 unspecified atom stereocenters. The monoisotopic (exact) mass is 243 g/mol. The Bertz CT molecular complexity index is 471. The molecule has 3 heteroatoms. The Hall–Kier alpha value is -1.61. The normalized spacial score (nSPS) is 21.9. The number of likely N-dealkylation sites (tertiary alicyclic amines) is 1. The highest BCUT2D eigenvalue weighted by Crippen LogP contribution is 2.44. The molecule has 3 nitrogen and oxygen atoms in total. The number of hydrogen-bond acceptors (Lipinski definition) is 2. The van der Waals surface area contributed by atoms with Crippen molar-refractivity contribution < 1.29 is 9.90 Å². The number of nitrogens with zero attached hydrogens (tertiary/aromatic N) is 1. The first-order valence-electron chi connectivity index (χ1n) is 6.42. The first kappa shape index (κ1) is 11.5. The minimum absolute atomic E-state index is 0.0100. The largest absolute Gasteiger partial charge is 0.386 e. The molecule has 94 valence electrons. The summed E-state index contributed by atoms with van der Waals surface area (Å²) in [4.78, 5) is 13.6. The lowest BCUT2D eigenvalue weighted by atomic mass is 9.88. The van der Waals surface area contributed by atoms with Gasteiger partial charge in [-0.05, 0) is 30.4 Å². The predicted octanol–water partition coefficient (Wildman–Crippen LogP) is 1.68. The van der Waals surface area contributed by atoms with E-state index in [1.165, 1.54) is 0 Å². The van der Waals surface area contributed by atoms with E-state index in [-0.39, 0.29) is 5.91 Å². The second-order valence-electron chi connectivity index (χ2n) is 5.32. The maximum absolute atomic E-state index is 11.9. The highest BCUT2D eigenvalue weighted by molar-refractivity contribution is 5.92. The second kappa shape index (κ2) is 4.25. The van der Waals surface area contributed by atoms with Gasteiger partial charge in [-0.1, -0.05) is 30.3 Å². The van der Waals surface area contributed by atoms with Crippen molar-refractivity contribution in [2.24, 2.45) is 5.92 Å². The van der Waals surface area contributed by atoms with Crippen LogP contribution in [-0.4, -0.2) is 34.6 Å². The van der Waals surface area contributed by atoms with Crippen LogP contribution in [0.3, 0.4) is 0 Å². The summed E-state index contributed by atoms with van der Waals surface area (Å²) >= 11 is 0. The molecular weight excluding hydrogens is 226 g/mol. The van der Waals surface area contributed by atoms with Gasteiger partial charge in [0.2, 0.25) is 5.91 Å². The van der Waals surface area contributed by atoms with Crippen molar-refractivity contribution in [1.82, 2.24) is 4.90 Å². The van der Waals surface area contributed by atoms with Crippen LogP contribution in [0.4, 0.5) is 0 Å². The zero-order chi connectivity index (χ0) is 12.6. The summed E-state index contributed by atoms with van der Waals surface area (Å²) in [6.45, 7) is 0.991. The van der Waals surface area contributed by atoms with Crippen molar-refractivity contribution in [3.63, 3.8) is 0 Å². The summed E-state index contributed by atoms with van der Waals surface area (Å²) < 4.78 is 0. The van der Waals surface area contributed by atoms with Crippen molar-refractivity contribution in [3.05, 3.63) is 42.0 Å². The molecule has 1 aliphatic carbocycles. The zero-order valence-electron chi connectivity index (χ0n) is 10.2. The Morgan fingerprint density at radius 2 is 1.94 bits per heavy atom. The van der Waals surface area contributed by atoms with Crippen LogP contribution in [0.25, 0.3) is 6.08 Å². The Morgan fingerprint density at radius 1 is 1.28 bits per heavy atom. The van der Waals surface area contributed by atoms with E-state index in [4.69, 9.17) is 0 Å². The zero-order valence-corrected chi connectivity index (χ0v) is 10.2. The molecular formula is C15H17NO2. The lowest BCUT2D eigenvalue weighted by Gasteiger charge is -2.46. The average molecular weight is 243 g/mol. The molecule has 0 aromatic heterocycles. The molecule has 2 fully saturated rings. The number of aliphatic hydroxyl groups is 1. The van der Waals surface area contributed by atoms with E-state index in [2.05, 4.69) is 0 Å². The van der Waals surface area contributed by atoms with Gasteiger partial charge in [0.1, 0.15) is 5.60 Å². The lowest BCUT2D eigenvalue weighted by Crippen LogP contribution is -2.64. The van der Waals surface area contributed by atoms with Gasteiger partial charge in [-0.25, -0.2) is 0 Å². The van der Waals surface area contributed by atoms with E-state index in [1.54, 1.807) is 11.0 Å². The number of amides is 1.